The van der Waals surface area contributed by atoms with E-state index in [0.717, 1.165) is 50.2 Å². The number of likely N-dealkylation sites (N-methyl/N-ethyl adjacent to an activating group) is 1. The van der Waals surface area contributed by atoms with Gasteiger partial charge in [-0.3, -0.25) is 5.10 Å². The largest absolute Gasteiger partial charge is 0.373 e. The number of aromatic nitrogens is 2. The summed E-state index contributed by atoms with van der Waals surface area (Å²) in [6.45, 7) is 26.3. The highest BCUT2D eigenvalue weighted by Crippen LogP contribution is 2.31. The maximum Gasteiger partial charge on any atom is 0.270 e. The zero-order valence-corrected chi connectivity index (χ0v) is 27.3. The average Bonchev–Trinajstić information content (AvgIpc) is 3.34. The second-order valence-corrected chi connectivity index (χ2v) is 10.5. The molecule has 1 aliphatic rings. The molecule has 2 aromatic carbocycles. The molecule has 0 atom stereocenters. The number of nitrogens with zero attached hydrogens (tertiary/aromatic N) is 4. The van der Waals surface area contributed by atoms with E-state index in [1.165, 1.54) is 29.0 Å². The number of carbonyl (C=O) groups is 1. The van der Waals surface area contributed by atoms with Crippen molar-refractivity contribution < 1.29 is 13.6 Å². The third-order valence-electron chi connectivity index (χ3n) is 6.98. The summed E-state index contributed by atoms with van der Waals surface area (Å²) in [6.07, 6.45) is 3.47. The number of aromatic amines is 1. The highest BCUT2D eigenvalue weighted by Gasteiger charge is 2.28. The molecule has 1 aliphatic heterocycles. The van der Waals surface area contributed by atoms with Gasteiger partial charge in [-0.2, -0.15) is 5.10 Å². The van der Waals surface area contributed by atoms with Gasteiger partial charge in [-0.05, 0) is 52.8 Å². The van der Waals surface area contributed by atoms with Crippen LogP contribution in [0.15, 0.2) is 85.3 Å². The maximum atomic E-state index is 13.8. The molecular formula is C35H48F2N6O. The van der Waals surface area contributed by atoms with Gasteiger partial charge < -0.3 is 19.9 Å². The Morgan fingerprint density at radius 2 is 1.61 bits per heavy atom. The Balaban J connectivity index is 0.000000450. The van der Waals surface area contributed by atoms with Crippen molar-refractivity contribution in [3.63, 3.8) is 0 Å². The molecule has 0 bridgehead atoms. The van der Waals surface area contributed by atoms with Gasteiger partial charge >= 0.3 is 0 Å². The SMILES string of the molecule is C=C.C=CN=C(N/C(C)=C/N1CCN(C)CC1)c1cccc(C(C)(F)F)c1C.C=O.Cc1ccc(-c2c(C)n[nH]c2C)cc1. The molecule has 1 fully saturated rings. The summed E-state index contributed by atoms with van der Waals surface area (Å²) < 4.78 is 27.7. The average molecular weight is 607 g/mol. The van der Waals surface area contributed by atoms with Crippen molar-refractivity contribution in [3.05, 3.63) is 114 Å². The van der Waals surface area contributed by atoms with Gasteiger partial charge in [0.2, 0.25) is 0 Å². The van der Waals surface area contributed by atoms with Gasteiger partial charge in [-0.1, -0.05) is 54.6 Å². The van der Waals surface area contributed by atoms with Gasteiger partial charge in [-0.25, -0.2) is 13.8 Å². The first-order valence-corrected chi connectivity index (χ1v) is 14.3. The monoisotopic (exact) mass is 606 g/mol. The van der Waals surface area contributed by atoms with Crippen LogP contribution in [0.1, 0.15) is 47.5 Å². The Labute approximate surface area is 262 Å². The smallest absolute Gasteiger partial charge is 0.270 e. The summed E-state index contributed by atoms with van der Waals surface area (Å²) in [6, 6.07) is 13.4. The van der Waals surface area contributed by atoms with Gasteiger partial charge in [0.25, 0.3) is 5.92 Å². The lowest BCUT2D eigenvalue weighted by atomic mass is 9.97. The topological polar surface area (TPSA) is 76.6 Å². The van der Waals surface area contributed by atoms with E-state index in [1.54, 1.807) is 19.1 Å². The quantitative estimate of drug-likeness (QED) is 0.175. The van der Waals surface area contributed by atoms with Gasteiger partial charge in [-0.15, -0.1) is 13.2 Å². The molecule has 0 unspecified atom stereocenters. The lowest BCUT2D eigenvalue weighted by molar-refractivity contribution is -0.0980. The van der Waals surface area contributed by atoms with Crippen LogP contribution < -0.4 is 5.32 Å². The number of allylic oxidation sites excluding steroid dienone is 1. The van der Waals surface area contributed by atoms with Crippen LogP contribution in [0.25, 0.3) is 11.1 Å². The predicted molar refractivity (Wildman–Crippen MR) is 180 cm³/mol. The lowest BCUT2D eigenvalue weighted by Crippen LogP contribution is -2.42. The van der Waals surface area contributed by atoms with Crippen LogP contribution in [0.5, 0.6) is 0 Å². The van der Waals surface area contributed by atoms with Crippen molar-refractivity contribution >= 4 is 12.6 Å². The number of hydrogen-bond acceptors (Lipinski definition) is 5. The minimum Gasteiger partial charge on any atom is -0.373 e. The molecule has 238 valence electrons. The molecule has 0 saturated carbocycles. The molecule has 2 heterocycles. The summed E-state index contributed by atoms with van der Waals surface area (Å²) >= 11 is 0. The van der Waals surface area contributed by atoms with E-state index in [-0.39, 0.29) is 5.56 Å². The number of benzene rings is 2. The van der Waals surface area contributed by atoms with Gasteiger partial charge in [0.05, 0.1) is 5.69 Å². The number of alkyl halides is 2. The third kappa shape index (κ3) is 11.0. The van der Waals surface area contributed by atoms with E-state index in [1.807, 2.05) is 20.6 Å². The molecule has 1 aromatic heterocycles. The molecule has 0 spiro atoms. The first-order valence-electron chi connectivity index (χ1n) is 14.3. The fourth-order valence-electron chi connectivity index (χ4n) is 4.77. The fraction of sp³-hybridized carbons (Fsp3) is 0.343. The van der Waals surface area contributed by atoms with E-state index in [0.29, 0.717) is 17.0 Å². The number of hydrogen-bond donors (Lipinski definition) is 2. The highest BCUT2D eigenvalue weighted by atomic mass is 19.3. The van der Waals surface area contributed by atoms with Crippen LogP contribution in [0, 0.1) is 27.7 Å². The van der Waals surface area contributed by atoms with Gasteiger partial charge in [0, 0.05) is 73.6 Å². The molecule has 44 heavy (non-hydrogen) atoms. The molecule has 9 heteroatoms. The number of piperazine rings is 1. The molecular weight excluding hydrogens is 558 g/mol. The number of rotatable bonds is 6. The van der Waals surface area contributed by atoms with Crippen LogP contribution in [-0.2, 0) is 10.7 Å². The lowest BCUT2D eigenvalue weighted by Gasteiger charge is -2.32. The molecule has 7 nitrogen and oxygen atoms in total. The van der Waals surface area contributed by atoms with Crippen molar-refractivity contribution in [2.24, 2.45) is 4.99 Å². The second-order valence-electron chi connectivity index (χ2n) is 10.5. The predicted octanol–water partition coefficient (Wildman–Crippen LogP) is 7.31. The Bertz CT molecular complexity index is 1360. The first kappa shape index (κ1) is 37.7. The Hall–Kier alpha value is -4.37. The Morgan fingerprint density at radius 1 is 1.02 bits per heavy atom. The van der Waals surface area contributed by atoms with Crippen molar-refractivity contribution in [3.8, 4) is 11.1 Å². The standard InChI is InChI=1S/C20H28F2N4.C12H14N2.C2H4.CH2O/c1-6-23-19(17-8-7-9-18(16(17)3)20(4,21)22)24-15(2)14-26-12-10-25(5)11-13-26;1-8-4-6-11(7-5-8)12-9(2)13-14-10(12)3;2*1-2/h6-9,14H,1,10-13H2,2-5H3,(H,23,24);4-7H,1-3H3,(H,13,14);1-2H2;1H2/b15-14+;;;. The fourth-order valence-corrected chi connectivity index (χ4v) is 4.77. The molecule has 3 aromatic rings. The van der Waals surface area contributed by atoms with Crippen molar-refractivity contribution in [1.29, 1.82) is 0 Å². The number of aryl methyl sites for hydroxylation is 3. The zero-order chi connectivity index (χ0) is 33.4. The Kier molecular flexibility index (Phi) is 15.7. The minimum absolute atomic E-state index is 0.00858. The summed E-state index contributed by atoms with van der Waals surface area (Å²) in [7, 11) is 2.11. The minimum atomic E-state index is -2.90. The van der Waals surface area contributed by atoms with Crippen molar-refractivity contribution in [2.75, 3.05) is 33.2 Å². The molecule has 4 rings (SSSR count). The molecule has 0 aliphatic carbocycles. The summed E-state index contributed by atoms with van der Waals surface area (Å²) in [5.74, 6) is -2.38. The Morgan fingerprint density at radius 3 is 2.11 bits per heavy atom. The number of halogens is 2. The molecule has 0 amide bonds. The number of amidine groups is 1. The second kappa shape index (κ2) is 18.3. The van der Waals surface area contributed by atoms with Gasteiger partial charge in [0.15, 0.2) is 0 Å². The molecule has 2 N–H and O–H groups in total. The number of carbonyl (C=O) groups excluding carboxylic acids is 1. The van der Waals surface area contributed by atoms with Crippen LogP contribution >= 0.6 is 0 Å². The van der Waals surface area contributed by atoms with E-state index in [2.05, 4.69) is 101 Å². The van der Waals surface area contributed by atoms with Crippen LogP contribution in [0.4, 0.5) is 8.78 Å². The number of aliphatic imine (C=N–C) groups is 1. The number of nitrogens with one attached hydrogen (secondary N) is 2. The van der Waals surface area contributed by atoms with Crippen molar-refractivity contribution in [2.45, 2.75) is 47.5 Å². The summed E-state index contributed by atoms with van der Waals surface area (Å²) in [4.78, 5) is 16.8. The normalized spacial score (nSPS) is 13.8. The van der Waals surface area contributed by atoms with E-state index < -0.39 is 5.92 Å². The molecule has 1 saturated heterocycles. The zero-order valence-electron chi connectivity index (χ0n) is 27.3. The van der Waals surface area contributed by atoms with Gasteiger partial charge in [0.1, 0.15) is 12.6 Å². The van der Waals surface area contributed by atoms with Crippen molar-refractivity contribution in [1.82, 2.24) is 25.3 Å². The van der Waals surface area contributed by atoms with Crippen LogP contribution in [0.2, 0.25) is 0 Å². The van der Waals surface area contributed by atoms with Crippen LogP contribution in [0.3, 0.4) is 0 Å². The molecule has 0 radical (unpaired) electrons. The first-order chi connectivity index (χ1) is 20.9. The number of H-pyrrole nitrogens is 1. The van der Waals surface area contributed by atoms with E-state index in [4.69, 9.17) is 4.79 Å². The highest BCUT2D eigenvalue weighted by molar-refractivity contribution is 6.01. The maximum absolute atomic E-state index is 13.8. The third-order valence-corrected chi connectivity index (χ3v) is 6.98. The summed E-state index contributed by atoms with van der Waals surface area (Å²) in [5.41, 5.74) is 8.02. The van der Waals surface area contributed by atoms with E-state index in [9.17, 15) is 8.78 Å². The van der Waals surface area contributed by atoms with Crippen LogP contribution in [-0.4, -0.2) is 65.8 Å². The summed E-state index contributed by atoms with van der Waals surface area (Å²) in [5, 5.41) is 10.4. The van der Waals surface area contributed by atoms with E-state index >= 15 is 0 Å².